The van der Waals surface area contributed by atoms with E-state index in [2.05, 4.69) is 6.07 Å². The highest BCUT2D eigenvalue weighted by atomic mass is 16.1. The summed E-state index contributed by atoms with van der Waals surface area (Å²) >= 11 is 0. The van der Waals surface area contributed by atoms with Crippen molar-refractivity contribution >= 4 is 5.78 Å². The fourth-order valence-electron chi connectivity index (χ4n) is 1.86. The van der Waals surface area contributed by atoms with E-state index in [0.717, 1.165) is 11.1 Å². The molecule has 0 aliphatic heterocycles. The van der Waals surface area contributed by atoms with Crippen molar-refractivity contribution < 1.29 is 4.79 Å². The maximum atomic E-state index is 11.5. The van der Waals surface area contributed by atoms with Crippen LogP contribution in [-0.4, -0.2) is 10.4 Å². The Morgan fingerprint density at radius 2 is 2.22 bits per heavy atom. The molecule has 2 aromatic rings. The summed E-state index contributed by atoms with van der Waals surface area (Å²) in [6, 6.07) is 11.4. The number of nitriles is 1. The Morgan fingerprint density at radius 3 is 2.94 bits per heavy atom. The van der Waals surface area contributed by atoms with E-state index >= 15 is 0 Å². The molecule has 0 amide bonds. The lowest BCUT2D eigenvalue weighted by Crippen LogP contribution is -1.98. The Morgan fingerprint density at radius 1 is 1.39 bits per heavy atom. The van der Waals surface area contributed by atoms with Crippen LogP contribution in [0.5, 0.6) is 0 Å². The average Bonchev–Trinajstić information content (AvgIpc) is 2.86. The second-order valence-electron chi connectivity index (χ2n) is 4.16. The van der Waals surface area contributed by atoms with Crippen LogP contribution in [0, 0.1) is 11.3 Å². The van der Waals surface area contributed by atoms with E-state index in [1.165, 1.54) is 0 Å². The highest BCUT2D eigenvalue weighted by Crippen LogP contribution is 2.10. The Balaban J connectivity index is 2.16. The third-order valence-electron chi connectivity index (χ3n) is 2.81. The highest BCUT2D eigenvalue weighted by molar-refractivity contribution is 5.95. The van der Waals surface area contributed by atoms with E-state index in [-0.39, 0.29) is 5.78 Å². The van der Waals surface area contributed by atoms with Crippen LogP contribution in [0.4, 0.5) is 0 Å². The molecule has 2 rings (SSSR count). The molecule has 0 N–H and O–H groups in total. The van der Waals surface area contributed by atoms with Crippen LogP contribution in [-0.2, 0) is 6.54 Å². The number of hydrogen-bond acceptors (Lipinski definition) is 2. The second kappa shape index (κ2) is 5.33. The van der Waals surface area contributed by atoms with Crippen LogP contribution in [0.2, 0.25) is 0 Å². The van der Waals surface area contributed by atoms with Crippen LogP contribution in [0.3, 0.4) is 0 Å². The maximum absolute atomic E-state index is 11.5. The van der Waals surface area contributed by atoms with Crippen molar-refractivity contribution in [2.75, 3.05) is 0 Å². The zero-order chi connectivity index (χ0) is 13.0. The number of hydrogen-bond donors (Lipinski definition) is 0. The molecule has 0 aliphatic carbocycles. The van der Waals surface area contributed by atoms with Gasteiger partial charge in [-0.05, 0) is 23.8 Å². The van der Waals surface area contributed by atoms with Gasteiger partial charge in [-0.2, -0.15) is 5.26 Å². The van der Waals surface area contributed by atoms with Gasteiger partial charge in [-0.1, -0.05) is 19.1 Å². The van der Waals surface area contributed by atoms with E-state index in [1.54, 1.807) is 6.07 Å². The number of rotatable bonds is 4. The highest BCUT2D eigenvalue weighted by Gasteiger charge is 2.05. The lowest BCUT2D eigenvalue weighted by molar-refractivity contribution is 0.0988. The number of ketones is 1. The number of Topliss-reactive ketones (excluding diaryl/α,β-unsaturated/α-hetero) is 1. The van der Waals surface area contributed by atoms with Crippen LogP contribution < -0.4 is 0 Å². The number of benzene rings is 1. The van der Waals surface area contributed by atoms with Gasteiger partial charge in [-0.15, -0.1) is 0 Å². The first-order valence-electron chi connectivity index (χ1n) is 5.91. The Labute approximate surface area is 106 Å². The molecule has 18 heavy (non-hydrogen) atoms. The van der Waals surface area contributed by atoms with Gasteiger partial charge in [-0.25, -0.2) is 0 Å². The van der Waals surface area contributed by atoms with Crippen molar-refractivity contribution in [3.05, 3.63) is 59.4 Å². The second-order valence-corrected chi connectivity index (χ2v) is 4.16. The van der Waals surface area contributed by atoms with Crippen LogP contribution in [0.1, 0.15) is 34.8 Å². The summed E-state index contributed by atoms with van der Waals surface area (Å²) in [4.78, 5) is 11.5. The van der Waals surface area contributed by atoms with Gasteiger partial charge in [0, 0.05) is 30.9 Å². The summed E-state index contributed by atoms with van der Waals surface area (Å²) in [6.07, 6.45) is 4.26. The molecule has 0 radical (unpaired) electrons. The van der Waals surface area contributed by atoms with Gasteiger partial charge in [0.2, 0.25) is 0 Å². The van der Waals surface area contributed by atoms with E-state index in [4.69, 9.17) is 5.26 Å². The number of nitrogens with zero attached hydrogens (tertiary/aromatic N) is 2. The Bertz CT molecular complexity index is 605. The number of carbonyl (C=O) groups is 1. The molecule has 1 heterocycles. The van der Waals surface area contributed by atoms with Gasteiger partial charge >= 0.3 is 0 Å². The first kappa shape index (κ1) is 12.1. The standard InChI is InChI=1S/C15H14N2O/c1-2-15(18)14-6-7-17(11-14)10-13-5-3-4-12(8-13)9-16/h3-8,11H,2,10H2,1H3. The molecule has 0 saturated carbocycles. The fourth-order valence-corrected chi connectivity index (χ4v) is 1.86. The third-order valence-corrected chi connectivity index (χ3v) is 2.81. The van der Waals surface area contributed by atoms with E-state index in [9.17, 15) is 4.79 Å². The number of aromatic nitrogens is 1. The Kier molecular flexibility index (Phi) is 3.59. The molecular weight excluding hydrogens is 224 g/mol. The first-order valence-corrected chi connectivity index (χ1v) is 5.91. The summed E-state index contributed by atoms with van der Waals surface area (Å²) < 4.78 is 1.96. The van der Waals surface area contributed by atoms with Crippen molar-refractivity contribution in [1.82, 2.24) is 4.57 Å². The zero-order valence-corrected chi connectivity index (χ0v) is 10.3. The van der Waals surface area contributed by atoms with Gasteiger partial charge in [-0.3, -0.25) is 4.79 Å². The summed E-state index contributed by atoms with van der Waals surface area (Å²) in [5.41, 5.74) is 2.46. The van der Waals surface area contributed by atoms with Crippen LogP contribution >= 0.6 is 0 Å². The molecule has 0 aliphatic rings. The fraction of sp³-hybridized carbons (Fsp3) is 0.200. The molecule has 0 atom stereocenters. The normalized spacial score (nSPS) is 10.0. The average molecular weight is 238 g/mol. The van der Waals surface area contributed by atoms with Crippen molar-refractivity contribution in [2.45, 2.75) is 19.9 Å². The van der Waals surface area contributed by atoms with E-state index in [0.29, 0.717) is 18.5 Å². The molecular formula is C15H14N2O. The SMILES string of the molecule is CCC(=O)c1ccn(Cc2cccc(C#N)c2)c1. The molecule has 0 saturated heterocycles. The molecule has 90 valence electrons. The summed E-state index contributed by atoms with van der Waals surface area (Å²) in [7, 11) is 0. The molecule has 0 fully saturated rings. The molecule has 1 aromatic carbocycles. The first-order chi connectivity index (χ1) is 8.72. The molecule has 3 heteroatoms. The lowest BCUT2D eigenvalue weighted by Gasteiger charge is -2.03. The van der Waals surface area contributed by atoms with Crippen molar-refractivity contribution in [3.63, 3.8) is 0 Å². The van der Waals surface area contributed by atoms with Gasteiger partial charge in [0.05, 0.1) is 11.6 Å². The summed E-state index contributed by atoms with van der Waals surface area (Å²) in [5.74, 6) is 0.152. The minimum atomic E-state index is 0.152. The quantitative estimate of drug-likeness (QED) is 0.769. The van der Waals surface area contributed by atoms with Gasteiger partial charge in [0.1, 0.15) is 0 Å². The largest absolute Gasteiger partial charge is 0.349 e. The topological polar surface area (TPSA) is 45.8 Å². The van der Waals surface area contributed by atoms with Crippen molar-refractivity contribution in [3.8, 4) is 6.07 Å². The third kappa shape index (κ3) is 2.67. The zero-order valence-electron chi connectivity index (χ0n) is 10.3. The minimum Gasteiger partial charge on any atom is -0.349 e. The Hall–Kier alpha value is -2.34. The van der Waals surface area contributed by atoms with Crippen molar-refractivity contribution in [1.29, 1.82) is 5.26 Å². The predicted molar refractivity (Wildman–Crippen MR) is 69.3 cm³/mol. The van der Waals surface area contributed by atoms with Gasteiger partial charge in [0.25, 0.3) is 0 Å². The van der Waals surface area contributed by atoms with Gasteiger partial charge in [0.15, 0.2) is 5.78 Å². The lowest BCUT2D eigenvalue weighted by atomic mass is 10.1. The maximum Gasteiger partial charge on any atom is 0.164 e. The van der Waals surface area contributed by atoms with E-state index < -0.39 is 0 Å². The molecule has 1 aromatic heterocycles. The molecule has 0 spiro atoms. The van der Waals surface area contributed by atoms with Crippen LogP contribution in [0.25, 0.3) is 0 Å². The van der Waals surface area contributed by atoms with E-state index in [1.807, 2.05) is 48.1 Å². The predicted octanol–water partition coefficient (Wildman–Crippen LogP) is 3.00. The van der Waals surface area contributed by atoms with Gasteiger partial charge < -0.3 is 4.57 Å². The molecule has 3 nitrogen and oxygen atoms in total. The smallest absolute Gasteiger partial charge is 0.164 e. The van der Waals surface area contributed by atoms with Crippen molar-refractivity contribution in [2.24, 2.45) is 0 Å². The molecule has 0 unspecified atom stereocenters. The molecule has 0 bridgehead atoms. The minimum absolute atomic E-state index is 0.152. The number of carbonyl (C=O) groups excluding carboxylic acids is 1. The summed E-state index contributed by atoms with van der Waals surface area (Å²) in [6.45, 7) is 2.53. The monoisotopic (exact) mass is 238 g/mol. The summed E-state index contributed by atoms with van der Waals surface area (Å²) in [5, 5.41) is 8.84. The van der Waals surface area contributed by atoms with Crippen LogP contribution in [0.15, 0.2) is 42.7 Å².